The molecule has 0 saturated heterocycles. The third-order valence-electron chi connectivity index (χ3n) is 2.19. The highest BCUT2D eigenvalue weighted by Gasteiger charge is 2.12. The zero-order chi connectivity index (χ0) is 11.0. The third kappa shape index (κ3) is 1.87. The normalized spacial score (nSPS) is 10.6. The van der Waals surface area contributed by atoms with Gasteiger partial charge in [0.1, 0.15) is 0 Å². The molecule has 1 aromatic carbocycles. The Morgan fingerprint density at radius 2 is 2.20 bits per heavy atom. The number of imidazole rings is 1. The van der Waals surface area contributed by atoms with Gasteiger partial charge in [-0.05, 0) is 12.1 Å². The Labute approximate surface area is 101 Å². The van der Waals surface area contributed by atoms with Crippen LogP contribution in [0.15, 0.2) is 28.7 Å². The maximum Gasteiger partial charge on any atom is 0.201 e. The number of rotatable bonds is 1. The molecule has 5 heteroatoms. The van der Waals surface area contributed by atoms with Crippen LogP contribution < -0.4 is 5.73 Å². The van der Waals surface area contributed by atoms with Crippen molar-refractivity contribution in [3.8, 4) is 11.3 Å². The van der Waals surface area contributed by atoms with Gasteiger partial charge >= 0.3 is 0 Å². The summed E-state index contributed by atoms with van der Waals surface area (Å²) >= 11 is 9.42. The zero-order valence-corrected chi connectivity index (χ0v) is 10.4. The van der Waals surface area contributed by atoms with Crippen LogP contribution in [0.3, 0.4) is 0 Å². The molecule has 0 amide bonds. The van der Waals surface area contributed by atoms with Crippen LogP contribution in [0.25, 0.3) is 11.3 Å². The smallest absolute Gasteiger partial charge is 0.201 e. The summed E-state index contributed by atoms with van der Waals surface area (Å²) < 4.78 is 2.76. The minimum Gasteiger partial charge on any atom is -0.369 e. The molecule has 0 aliphatic rings. The molecule has 1 heterocycles. The van der Waals surface area contributed by atoms with Crippen LogP contribution in [0.2, 0.25) is 5.15 Å². The Morgan fingerprint density at radius 1 is 1.47 bits per heavy atom. The summed E-state index contributed by atoms with van der Waals surface area (Å²) in [5.74, 6) is 0.412. The van der Waals surface area contributed by atoms with E-state index in [1.54, 1.807) is 4.57 Å². The van der Waals surface area contributed by atoms with Crippen LogP contribution in [-0.2, 0) is 7.05 Å². The van der Waals surface area contributed by atoms with E-state index in [2.05, 4.69) is 20.9 Å². The molecule has 0 radical (unpaired) electrons. The lowest BCUT2D eigenvalue weighted by atomic mass is 10.2. The molecule has 0 unspecified atom stereocenters. The zero-order valence-electron chi connectivity index (χ0n) is 8.04. The van der Waals surface area contributed by atoms with Gasteiger partial charge in [0.05, 0.1) is 5.69 Å². The second-order valence-corrected chi connectivity index (χ2v) is 4.45. The number of hydrogen-bond donors (Lipinski definition) is 1. The summed E-state index contributed by atoms with van der Waals surface area (Å²) in [6.45, 7) is 0. The monoisotopic (exact) mass is 285 g/mol. The van der Waals surface area contributed by atoms with Crippen molar-refractivity contribution in [2.45, 2.75) is 0 Å². The van der Waals surface area contributed by atoms with Crippen LogP contribution in [0, 0.1) is 0 Å². The molecule has 2 rings (SSSR count). The van der Waals surface area contributed by atoms with E-state index in [0.29, 0.717) is 11.1 Å². The van der Waals surface area contributed by atoms with E-state index in [9.17, 15) is 0 Å². The predicted octanol–water partition coefficient (Wildman–Crippen LogP) is 3.09. The Hall–Kier alpha value is -1.00. The first kappa shape index (κ1) is 10.5. The number of hydrogen-bond acceptors (Lipinski definition) is 2. The van der Waals surface area contributed by atoms with E-state index < -0.39 is 0 Å². The van der Waals surface area contributed by atoms with E-state index >= 15 is 0 Å². The average molecular weight is 287 g/mol. The van der Waals surface area contributed by atoms with Crippen molar-refractivity contribution in [1.82, 2.24) is 9.55 Å². The summed E-state index contributed by atoms with van der Waals surface area (Å²) in [5, 5.41) is 0.424. The lowest BCUT2D eigenvalue weighted by Crippen LogP contribution is -1.98. The molecule has 0 aliphatic heterocycles. The summed E-state index contributed by atoms with van der Waals surface area (Å²) in [6.07, 6.45) is 0. The minimum absolute atomic E-state index is 0.412. The van der Waals surface area contributed by atoms with E-state index in [0.717, 1.165) is 15.7 Å². The van der Waals surface area contributed by atoms with Gasteiger partial charge < -0.3 is 10.3 Å². The SMILES string of the molecule is Cn1c(N)nc(Cl)c1-c1cccc(Br)c1. The molecule has 0 atom stereocenters. The number of nitrogens with zero attached hydrogens (tertiary/aromatic N) is 2. The topological polar surface area (TPSA) is 43.8 Å². The minimum atomic E-state index is 0.412. The first-order valence-electron chi connectivity index (χ1n) is 4.33. The molecule has 0 aliphatic carbocycles. The van der Waals surface area contributed by atoms with Gasteiger partial charge in [0.25, 0.3) is 0 Å². The average Bonchev–Trinajstić information content (AvgIpc) is 2.41. The van der Waals surface area contributed by atoms with E-state index in [1.165, 1.54) is 0 Å². The fourth-order valence-electron chi connectivity index (χ4n) is 1.43. The fraction of sp³-hybridized carbons (Fsp3) is 0.100. The van der Waals surface area contributed by atoms with Crippen molar-refractivity contribution in [2.75, 3.05) is 5.73 Å². The van der Waals surface area contributed by atoms with Crippen LogP contribution in [0.1, 0.15) is 0 Å². The first-order chi connectivity index (χ1) is 7.09. The van der Waals surface area contributed by atoms with Crippen LogP contribution in [0.4, 0.5) is 5.95 Å². The van der Waals surface area contributed by atoms with Gasteiger partial charge in [0.15, 0.2) is 5.15 Å². The van der Waals surface area contributed by atoms with Gasteiger partial charge in [0.2, 0.25) is 5.95 Å². The quantitative estimate of drug-likeness (QED) is 0.875. The second kappa shape index (κ2) is 3.87. The molecule has 0 spiro atoms. The molecule has 0 bridgehead atoms. The van der Waals surface area contributed by atoms with Crippen LogP contribution in [0.5, 0.6) is 0 Å². The number of benzene rings is 1. The van der Waals surface area contributed by atoms with Crippen LogP contribution >= 0.6 is 27.5 Å². The first-order valence-corrected chi connectivity index (χ1v) is 5.50. The molecule has 15 heavy (non-hydrogen) atoms. The summed E-state index contributed by atoms with van der Waals surface area (Å²) in [7, 11) is 1.84. The van der Waals surface area contributed by atoms with Crippen molar-refractivity contribution in [1.29, 1.82) is 0 Å². The lowest BCUT2D eigenvalue weighted by Gasteiger charge is -2.04. The van der Waals surface area contributed by atoms with Crippen molar-refractivity contribution in [3.63, 3.8) is 0 Å². The standard InChI is InChI=1S/C10H9BrClN3/c1-15-8(9(12)14-10(15)13)6-3-2-4-7(11)5-6/h2-5H,1H3,(H2,13,14). The largest absolute Gasteiger partial charge is 0.369 e. The molecule has 1 aromatic heterocycles. The second-order valence-electron chi connectivity index (χ2n) is 3.18. The van der Waals surface area contributed by atoms with Crippen molar-refractivity contribution in [2.24, 2.45) is 7.05 Å². The molecule has 0 fully saturated rings. The highest BCUT2D eigenvalue weighted by molar-refractivity contribution is 9.10. The number of aromatic nitrogens is 2. The van der Waals surface area contributed by atoms with Gasteiger partial charge in [0, 0.05) is 17.1 Å². The molecule has 2 N–H and O–H groups in total. The van der Waals surface area contributed by atoms with Gasteiger partial charge in [-0.3, -0.25) is 0 Å². The van der Waals surface area contributed by atoms with E-state index in [4.69, 9.17) is 17.3 Å². The third-order valence-corrected chi connectivity index (χ3v) is 2.94. The van der Waals surface area contributed by atoms with E-state index in [-0.39, 0.29) is 0 Å². The van der Waals surface area contributed by atoms with Gasteiger partial charge in [-0.15, -0.1) is 0 Å². The van der Waals surface area contributed by atoms with Crippen molar-refractivity contribution in [3.05, 3.63) is 33.9 Å². The summed E-state index contributed by atoms with van der Waals surface area (Å²) in [6, 6.07) is 7.84. The highest BCUT2D eigenvalue weighted by atomic mass is 79.9. The molecule has 2 aromatic rings. The maximum atomic E-state index is 6.01. The predicted molar refractivity (Wildman–Crippen MR) is 65.8 cm³/mol. The number of nitrogens with two attached hydrogens (primary N) is 1. The molecule has 3 nitrogen and oxygen atoms in total. The van der Waals surface area contributed by atoms with Crippen molar-refractivity contribution < 1.29 is 0 Å². The fourth-order valence-corrected chi connectivity index (χ4v) is 2.15. The molecule has 78 valence electrons. The molecular formula is C10H9BrClN3. The molecule has 0 saturated carbocycles. The Morgan fingerprint density at radius 3 is 2.73 bits per heavy atom. The Balaban J connectivity index is 2.63. The van der Waals surface area contributed by atoms with Crippen LogP contribution in [-0.4, -0.2) is 9.55 Å². The van der Waals surface area contributed by atoms with Gasteiger partial charge in [-0.25, -0.2) is 4.98 Å². The highest BCUT2D eigenvalue weighted by Crippen LogP contribution is 2.30. The maximum absolute atomic E-state index is 6.01. The summed E-state index contributed by atoms with van der Waals surface area (Å²) in [4.78, 5) is 4.01. The number of halogens is 2. The number of nitrogen functional groups attached to an aromatic ring is 1. The van der Waals surface area contributed by atoms with Gasteiger partial charge in [-0.2, -0.15) is 0 Å². The van der Waals surface area contributed by atoms with Gasteiger partial charge in [-0.1, -0.05) is 39.7 Å². The van der Waals surface area contributed by atoms with Crippen molar-refractivity contribution >= 4 is 33.5 Å². The Kier molecular flexibility index (Phi) is 2.71. The van der Waals surface area contributed by atoms with E-state index in [1.807, 2.05) is 31.3 Å². The molecular weight excluding hydrogens is 277 g/mol. The Bertz CT molecular complexity index is 507. The summed E-state index contributed by atoms with van der Waals surface area (Å²) in [5.41, 5.74) is 7.49. The lowest BCUT2D eigenvalue weighted by molar-refractivity contribution is 0.938. The number of anilines is 1.